The summed E-state index contributed by atoms with van der Waals surface area (Å²) < 4.78 is 0. The van der Waals surface area contributed by atoms with Gasteiger partial charge in [0.05, 0.1) is 6.66 Å². The summed E-state index contributed by atoms with van der Waals surface area (Å²) in [7, 11) is -1.53. The van der Waals surface area contributed by atoms with E-state index >= 15 is 0 Å². The molecule has 0 heterocycles. The number of benzene rings is 4. The maximum absolute atomic E-state index is 5.36. The predicted molar refractivity (Wildman–Crippen MR) is 122 cm³/mol. The van der Waals surface area contributed by atoms with Crippen LogP contribution in [-0.4, -0.2) is 6.66 Å². The lowest BCUT2D eigenvalue weighted by atomic mass is 10.3. The highest BCUT2D eigenvalue weighted by atomic mass is 79.9. The van der Waals surface area contributed by atoms with Crippen molar-refractivity contribution in [3.8, 4) is 0 Å². The molecule has 0 fully saturated rings. The summed E-state index contributed by atoms with van der Waals surface area (Å²) in [5, 5.41) is 4.28. The van der Waals surface area contributed by atoms with Crippen LogP contribution in [0.5, 0.6) is 0 Å². The molecule has 0 aliphatic rings. The molecule has 0 saturated heterocycles. The Balaban J connectivity index is 0.000000298. The molecule has 1 nitrogen and oxygen atoms in total. The second kappa shape index (κ2) is 10.8. The minimum Gasteiger partial charge on any atom is -1.00 e. The molecule has 0 unspecified atom stereocenters. The number of rotatable bonds is 3. The SMILES string of the molecule is C[P+](c1ccccc1)(c1ccccc1)c1ccccc1.Nc1ccccc1.[Br-]. The van der Waals surface area contributed by atoms with Gasteiger partial charge in [0.1, 0.15) is 23.2 Å². The number of para-hydroxylation sites is 1. The van der Waals surface area contributed by atoms with E-state index in [1.807, 2.05) is 30.3 Å². The van der Waals surface area contributed by atoms with Gasteiger partial charge in [-0.1, -0.05) is 72.8 Å². The Hall–Kier alpha value is -2.41. The highest BCUT2D eigenvalue weighted by Gasteiger charge is 2.39. The van der Waals surface area contributed by atoms with E-state index in [0.717, 1.165) is 5.69 Å². The third-order valence-electron chi connectivity index (χ3n) is 4.62. The van der Waals surface area contributed by atoms with Crippen LogP contribution in [0.15, 0.2) is 121 Å². The lowest BCUT2D eigenvalue weighted by Gasteiger charge is -2.22. The van der Waals surface area contributed by atoms with Crippen molar-refractivity contribution in [2.75, 3.05) is 12.4 Å². The van der Waals surface area contributed by atoms with E-state index in [1.54, 1.807) is 0 Å². The molecule has 0 saturated carbocycles. The molecule has 0 atom stereocenters. The van der Waals surface area contributed by atoms with Gasteiger partial charge in [-0.3, -0.25) is 0 Å². The molecule has 3 heteroatoms. The maximum Gasteiger partial charge on any atom is 0.109 e. The fourth-order valence-electron chi connectivity index (χ4n) is 3.08. The van der Waals surface area contributed by atoms with Gasteiger partial charge in [0.2, 0.25) is 0 Å². The molecule has 0 spiro atoms. The van der Waals surface area contributed by atoms with Crippen LogP contribution in [0.25, 0.3) is 0 Å². The first-order valence-electron chi connectivity index (χ1n) is 9.05. The van der Waals surface area contributed by atoms with Gasteiger partial charge in [0.25, 0.3) is 0 Å². The summed E-state index contributed by atoms with van der Waals surface area (Å²) >= 11 is 0. The standard InChI is InChI=1S/C19H18P.C6H7N.BrH/c1-20(17-11-5-2-6-12-17,18-13-7-3-8-14-18)19-15-9-4-10-16-19;7-6-4-2-1-3-5-6;/h2-16H,1H3;1-5H,7H2;1H/q+1;;/p-1. The Morgan fingerprint density at radius 1 is 0.464 bits per heavy atom. The number of halogens is 1. The van der Waals surface area contributed by atoms with Crippen molar-refractivity contribution in [2.24, 2.45) is 0 Å². The summed E-state index contributed by atoms with van der Waals surface area (Å²) in [6.07, 6.45) is 0. The number of hydrogen-bond donors (Lipinski definition) is 1. The van der Waals surface area contributed by atoms with Crippen molar-refractivity contribution in [3.63, 3.8) is 0 Å². The average molecular weight is 450 g/mol. The van der Waals surface area contributed by atoms with Crippen LogP contribution >= 0.6 is 7.26 Å². The topological polar surface area (TPSA) is 26.0 Å². The van der Waals surface area contributed by atoms with E-state index in [-0.39, 0.29) is 17.0 Å². The molecule has 0 aliphatic carbocycles. The van der Waals surface area contributed by atoms with E-state index < -0.39 is 7.26 Å². The molecule has 4 rings (SSSR count). The van der Waals surface area contributed by atoms with Crippen LogP contribution in [0.1, 0.15) is 0 Å². The van der Waals surface area contributed by atoms with Crippen molar-refractivity contribution in [1.82, 2.24) is 0 Å². The van der Waals surface area contributed by atoms with Crippen LogP contribution in [-0.2, 0) is 0 Å². The molecular formula is C25H25BrNP. The van der Waals surface area contributed by atoms with Crippen molar-refractivity contribution in [1.29, 1.82) is 0 Å². The van der Waals surface area contributed by atoms with Gasteiger partial charge >= 0.3 is 0 Å². The summed E-state index contributed by atoms with van der Waals surface area (Å²) in [6, 6.07) is 42.1. The fraction of sp³-hybridized carbons (Fsp3) is 0.0400. The number of hydrogen-bond acceptors (Lipinski definition) is 1. The van der Waals surface area contributed by atoms with Crippen molar-refractivity contribution in [2.45, 2.75) is 0 Å². The van der Waals surface area contributed by atoms with Crippen LogP contribution in [0, 0.1) is 0 Å². The summed E-state index contributed by atoms with van der Waals surface area (Å²) in [6.45, 7) is 2.41. The first kappa shape index (κ1) is 21.9. The zero-order valence-electron chi connectivity index (χ0n) is 15.9. The number of anilines is 1. The lowest BCUT2D eigenvalue weighted by Crippen LogP contribution is -3.00. The Labute approximate surface area is 179 Å². The molecule has 0 aromatic heterocycles. The largest absolute Gasteiger partial charge is 1.00 e. The van der Waals surface area contributed by atoms with E-state index in [1.165, 1.54) is 15.9 Å². The van der Waals surface area contributed by atoms with E-state index in [0.29, 0.717) is 0 Å². The number of nitrogen functional groups attached to an aromatic ring is 1. The minimum absolute atomic E-state index is 0. The van der Waals surface area contributed by atoms with E-state index in [2.05, 4.69) is 97.7 Å². The molecule has 0 aliphatic heterocycles. The minimum atomic E-state index is -1.53. The smallest absolute Gasteiger partial charge is 0.109 e. The Morgan fingerprint density at radius 2 is 0.714 bits per heavy atom. The van der Waals surface area contributed by atoms with Crippen molar-refractivity contribution >= 4 is 28.9 Å². The monoisotopic (exact) mass is 449 g/mol. The van der Waals surface area contributed by atoms with Crippen LogP contribution < -0.4 is 38.6 Å². The normalized spacial score (nSPS) is 10.2. The molecular weight excluding hydrogens is 425 g/mol. The number of nitrogens with two attached hydrogens (primary N) is 1. The van der Waals surface area contributed by atoms with Crippen LogP contribution in [0.2, 0.25) is 0 Å². The summed E-state index contributed by atoms with van der Waals surface area (Å²) in [5.41, 5.74) is 6.18. The van der Waals surface area contributed by atoms with Crippen molar-refractivity contribution in [3.05, 3.63) is 121 Å². The zero-order valence-corrected chi connectivity index (χ0v) is 18.4. The van der Waals surface area contributed by atoms with Gasteiger partial charge in [-0.05, 0) is 48.5 Å². The second-order valence-corrected chi connectivity index (χ2v) is 9.99. The fourth-order valence-corrected chi connectivity index (χ4v) is 6.28. The van der Waals surface area contributed by atoms with Crippen molar-refractivity contribution < 1.29 is 17.0 Å². The van der Waals surface area contributed by atoms with Gasteiger partial charge < -0.3 is 22.7 Å². The van der Waals surface area contributed by atoms with Crippen LogP contribution in [0.4, 0.5) is 5.69 Å². The van der Waals surface area contributed by atoms with Gasteiger partial charge in [-0.25, -0.2) is 0 Å². The maximum atomic E-state index is 5.36. The average Bonchev–Trinajstić information content (AvgIpc) is 2.76. The molecule has 0 amide bonds. The summed E-state index contributed by atoms with van der Waals surface area (Å²) in [4.78, 5) is 0. The van der Waals surface area contributed by atoms with E-state index in [9.17, 15) is 0 Å². The van der Waals surface area contributed by atoms with E-state index in [4.69, 9.17) is 5.73 Å². The summed E-state index contributed by atoms with van der Waals surface area (Å²) in [5.74, 6) is 0. The van der Waals surface area contributed by atoms with Gasteiger partial charge in [-0.15, -0.1) is 0 Å². The molecule has 4 aromatic rings. The molecule has 0 radical (unpaired) electrons. The molecule has 2 N–H and O–H groups in total. The molecule has 4 aromatic carbocycles. The highest BCUT2D eigenvalue weighted by Crippen LogP contribution is 2.51. The van der Waals surface area contributed by atoms with Gasteiger partial charge in [0, 0.05) is 5.69 Å². The second-order valence-electron chi connectivity index (χ2n) is 6.42. The third kappa shape index (κ3) is 5.32. The Bertz CT molecular complexity index is 832. The Morgan fingerprint density at radius 3 is 0.929 bits per heavy atom. The predicted octanol–water partition coefficient (Wildman–Crippen LogP) is 1.88. The van der Waals surface area contributed by atoms with Gasteiger partial charge in [-0.2, -0.15) is 0 Å². The zero-order chi connectivity index (χ0) is 19.0. The first-order valence-corrected chi connectivity index (χ1v) is 11.3. The molecule has 28 heavy (non-hydrogen) atoms. The quantitative estimate of drug-likeness (QED) is 0.375. The molecule has 142 valence electrons. The molecule has 0 bridgehead atoms. The lowest BCUT2D eigenvalue weighted by molar-refractivity contribution is -0.00000534. The van der Waals surface area contributed by atoms with Gasteiger partial charge in [0.15, 0.2) is 0 Å². The van der Waals surface area contributed by atoms with Crippen LogP contribution in [0.3, 0.4) is 0 Å². The highest BCUT2D eigenvalue weighted by molar-refractivity contribution is 7.95. The third-order valence-corrected chi connectivity index (χ3v) is 8.61. The Kier molecular flexibility index (Phi) is 8.44. The first-order chi connectivity index (χ1) is 13.2.